The van der Waals surface area contributed by atoms with Gasteiger partial charge in [0.25, 0.3) is 0 Å². The van der Waals surface area contributed by atoms with Gasteiger partial charge in [-0.25, -0.2) is 13.4 Å². The Labute approximate surface area is 127 Å². The Kier molecular flexibility index (Phi) is 5.44. The molecule has 0 saturated heterocycles. The van der Waals surface area contributed by atoms with Gasteiger partial charge in [-0.3, -0.25) is 0 Å². The summed E-state index contributed by atoms with van der Waals surface area (Å²) >= 11 is 0. The van der Waals surface area contributed by atoms with Gasteiger partial charge in [0.2, 0.25) is 0 Å². The van der Waals surface area contributed by atoms with Crippen molar-refractivity contribution in [2.75, 3.05) is 6.26 Å². The second-order valence-corrected chi connectivity index (χ2v) is 7.09. The van der Waals surface area contributed by atoms with Gasteiger partial charge in [0.1, 0.15) is 0 Å². The average molecular weight is 337 g/mol. The zero-order valence-electron chi connectivity index (χ0n) is 12.4. The molecule has 3 N–H and O–H groups in total. The molecule has 0 heterocycles. The molecule has 0 atom stereocenters. The number of nitrogens with one attached hydrogen (secondary N) is 1. The van der Waals surface area contributed by atoms with Gasteiger partial charge < -0.3 is 11.1 Å². The van der Waals surface area contributed by atoms with Gasteiger partial charge in [0.15, 0.2) is 15.8 Å². The molecule has 124 valence electrons. The van der Waals surface area contributed by atoms with Crippen LogP contribution in [-0.2, 0) is 22.6 Å². The Hall–Kier alpha value is -1.77. The molecule has 0 radical (unpaired) electrons. The lowest BCUT2D eigenvalue weighted by molar-refractivity contribution is -0.139. The largest absolute Gasteiger partial charge is 0.417 e. The van der Waals surface area contributed by atoms with Crippen LogP contribution in [0.4, 0.5) is 13.2 Å². The predicted octanol–water partition coefficient (Wildman–Crippen LogP) is 1.92. The second-order valence-electron chi connectivity index (χ2n) is 5.10. The summed E-state index contributed by atoms with van der Waals surface area (Å²) in [6.07, 6.45) is -4.03. The molecule has 1 aromatic rings. The highest BCUT2D eigenvalue weighted by Crippen LogP contribution is 2.34. The fourth-order valence-corrected chi connectivity index (χ4v) is 2.63. The normalized spacial score (nSPS) is 13.5. The number of aliphatic imine (C=N–C) groups is 1. The highest BCUT2D eigenvalue weighted by atomic mass is 32.2. The second kappa shape index (κ2) is 6.55. The quantitative estimate of drug-likeness (QED) is 0.649. The van der Waals surface area contributed by atoms with Crippen LogP contribution in [-0.4, -0.2) is 26.7 Å². The first-order valence-electron chi connectivity index (χ1n) is 6.38. The van der Waals surface area contributed by atoms with Crippen molar-refractivity contribution in [3.8, 4) is 0 Å². The van der Waals surface area contributed by atoms with Crippen LogP contribution in [0.15, 0.2) is 28.1 Å². The van der Waals surface area contributed by atoms with Crippen molar-refractivity contribution >= 4 is 15.8 Å². The highest BCUT2D eigenvalue weighted by molar-refractivity contribution is 7.90. The Morgan fingerprint density at radius 2 is 1.95 bits per heavy atom. The van der Waals surface area contributed by atoms with Crippen LogP contribution in [0.2, 0.25) is 0 Å². The summed E-state index contributed by atoms with van der Waals surface area (Å²) in [4.78, 5) is 3.17. The maximum absolute atomic E-state index is 13.0. The van der Waals surface area contributed by atoms with E-state index in [1.54, 1.807) is 0 Å². The molecule has 0 aliphatic heterocycles. The zero-order valence-corrected chi connectivity index (χ0v) is 13.2. The van der Waals surface area contributed by atoms with Gasteiger partial charge in [-0.05, 0) is 31.5 Å². The Morgan fingerprint density at radius 1 is 1.36 bits per heavy atom. The van der Waals surface area contributed by atoms with Crippen molar-refractivity contribution in [2.45, 2.75) is 37.5 Å². The summed E-state index contributed by atoms with van der Waals surface area (Å²) in [6, 6.07) is 3.05. The molecule has 0 amide bonds. The van der Waals surface area contributed by atoms with Gasteiger partial charge >= 0.3 is 6.18 Å². The molecule has 1 aromatic carbocycles. The summed E-state index contributed by atoms with van der Waals surface area (Å²) < 4.78 is 61.9. The third-order valence-electron chi connectivity index (χ3n) is 2.62. The van der Waals surface area contributed by atoms with Crippen LogP contribution >= 0.6 is 0 Å². The summed E-state index contributed by atoms with van der Waals surface area (Å²) in [7, 11) is -3.97. The van der Waals surface area contributed by atoms with Crippen LogP contribution in [0.1, 0.15) is 25.0 Å². The number of hydrogen-bond acceptors (Lipinski definition) is 3. The number of hydrogen-bond donors (Lipinski definition) is 2. The molecule has 0 spiro atoms. The van der Waals surface area contributed by atoms with Crippen molar-refractivity contribution in [1.29, 1.82) is 0 Å². The lowest BCUT2D eigenvalue weighted by Crippen LogP contribution is -2.36. The van der Waals surface area contributed by atoms with Gasteiger partial charge in [0.05, 0.1) is 17.0 Å². The molecule has 22 heavy (non-hydrogen) atoms. The fourth-order valence-electron chi connectivity index (χ4n) is 1.74. The third-order valence-corrected chi connectivity index (χ3v) is 3.77. The molecule has 0 aliphatic rings. The minimum Gasteiger partial charge on any atom is -0.370 e. The van der Waals surface area contributed by atoms with Crippen molar-refractivity contribution in [2.24, 2.45) is 10.7 Å². The Morgan fingerprint density at radius 3 is 2.41 bits per heavy atom. The lowest BCUT2D eigenvalue weighted by Gasteiger charge is -2.13. The standard InChI is InChI=1S/C13H18F3N3O2S/c1-8(2)19-12(17)18-7-9-4-5-11(22(3,20)21)10(6-9)13(14,15)16/h4-6,8H,7H2,1-3H3,(H3,17,18,19). The van der Waals surface area contributed by atoms with E-state index in [-0.39, 0.29) is 24.1 Å². The van der Waals surface area contributed by atoms with E-state index >= 15 is 0 Å². The molecule has 0 aromatic heterocycles. The molecule has 0 bridgehead atoms. The number of rotatable bonds is 4. The van der Waals surface area contributed by atoms with Crippen molar-refractivity contribution in [3.63, 3.8) is 0 Å². The topological polar surface area (TPSA) is 84.5 Å². The SMILES string of the molecule is CC(C)NC(N)=NCc1ccc(S(C)(=O)=O)c(C(F)(F)F)c1. The van der Waals surface area contributed by atoms with Crippen molar-refractivity contribution in [3.05, 3.63) is 29.3 Å². The van der Waals surface area contributed by atoms with E-state index in [2.05, 4.69) is 10.3 Å². The zero-order chi connectivity index (χ0) is 17.1. The van der Waals surface area contributed by atoms with E-state index in [4.69, 9.17) is 5.73 Å². The highest BCUT2D eigenvalue weighted by Gasteiger charge is 2.36. The molecule has 0 saturated carbocycles. The monoisotopic (exact) mass is 337 g/mol. The van der Waals surface area contributed by atoms with Crippen LogP contribution in [0.3, 0.4) is 0 Å². The molecule has 9 heteroatoms. The smallest absolute Gasteiger partial charge is 0.370 e. The van der Waals surface area contributed by atoms with Crippen LogP contribution in [0.5, 0.6) is 0 Å². The molecule has 0 fully saturated rings. The van der Waals surface area contributed by atoms with E-state index in [9.17, 15) is 21.6 Å². The number of sulfone groups is 1. The minimum absolute atomic E-state index is 0.0436. The fraction of sp³-hybridized carbons (Fsp3) is 0.462. The number of guanidine groups is 1. The maximum Gasteiger partial charge on any atom is 0.417 e. The molecular formula is C13H18F3N3O2S. The van der Waals surface area contributed by atoms with Gasteiger partial charge in [-0.2, -0.15) is 13.2 Å². The summed E-state index contributed by atoms with van der Waals surface area (Å²) in [6.45, 7) is 3.59. The van der Waals surface area contributed by atoms with E-state index < -0.39 is 26.5 Å². The summed E-state index contributed by atoms with van der Waals surface area (Å²) in [5.41, 5.74) is 4.59. The summed E-state index contributed by atoms with van der Waals surface area (Å²) in [5.74, 6) is 0.107. The third kappa shape index (κ3) is 5.21. The first-order chi connectivity index (χ1) is 9.91. The van der Waals surface area contributed by atoms with Crippen molar-refractivity contribution < 1.29 is 21.6 Å². The van der Waals surface area contributed by atoms with Crippen molar-refractivity contribution in [1.82, 2.24) is 5.32 Å². The van der Waals surface area contributed by atoms with E-state index in [0.29, 0.717) is 0 Å². The first-order valence-corrected chi connectivity index (χ1v) is 8.27. The van der Waals surface area contributed by atoms with Crippen LogP contribution < -0.4 is 11.1 Å². The van der Waals surface area contributed by atoms with E-state index in [1.165, 1.54) is 6.07 Å². The number of alkyl halides is 3. The van der Waals surface area contributed by atoms with Gasteiger partial charge in [-0.15, -0.1) is 0 Å². The molecule has 0 unspecified atom stereocenters. The first kappa shape index (κ1) is 18.3. The average Bonchev–Trinajstić information content (AvgIpc) is 2.33. The number of halogens is 3. The molecule has 5 nitrogen and oxygen atoms in total. The molecule has 0 aliphatic carbocycles. The minimum atomic E-state index is -4.76. The van der Waals surface area contributed by atoms with E-state index in [0.717, 1.165) is 18.4 Å². The lowest BCUT2D eigenvalue weighted by atomic mass is 10.1. The van der Waals surface area contributed by atoms with Crippen LogP contribution in [0, 0.1) is 0 Å². The van der Waals surface area contributed by atoms with Gasteiger partial charge in [0, 0.05) is 12.3 Å². The molecule has 1 rings (SSSR count). The van der Waals surface area contributed by atoms with Gasteiger partial charge in [-0.1, -0.05) is 6.07 Å². The predicted molar refractivity (Wildman–Crippen MR) is 78.2 cm³/mol. The number of nitrogens with zero attached hydrogens (tertiary/aromatic N) is 1. The Bertz CT molecular complexity index is 668. The van der Waals surface area contributed by atoms with Crippen LogP contribution in [0.25, 0.3) is 0 Å². The van der Waals surface area contributed by atoms with E-state index in [1.807, 2.05) is 13.8 Å². The number of nitrogens with two attached hydrogens (primary N) is 1. The number of benzene rings is 1. The Balaban J connectivity index is 3.16. The summed E-state index contributed by atoms with van der Waals surface area (Å²) in [5, 5.41) is 2.80. The molecular weight excluding hydrogens is 319 g/mol. The maximum atomic E-state index is 13.0.